The van der Waals surface area contributed by atoms with Crippen molar-refractivity contribution in [2.45, 2.75) is 58.0 Å². The summed E-state index contributed by atoms with van der Waals surface area (Å²) in [6.45, 7) is 10.5. The summed E-state index contributed by atoms with van der Waals surface area (Å²) in [5, 5.41) is 11.1. The van der Waals surface area contributed by atoms with Crippen LogP contribution in [-0.2, 0) is 28.6 Å². The number of hydrogen-bond donors (Lipinski definition) is 1. The second kappa shape index (κ2) is 6.64. The Morgan fingerprint density at radius 3 is 2.74 bits per heavy atom. The highest BCUT2D eigenvalue weighted by Gasteiger charge is 2.57. The third-order valence-electron chi connectivity index (χ3n) is 5.63. The third-order valence-corrected chi connectivity index (χ3v) is 5.63. The van der Waals surface area contributed by atoms with Crippen LogP contribution >= 0.6 is 0 Å². The van der Waals surface area contributed by atoms with Gasteiger partial charge in [0.15, 0.2) is 5.60 Å². The number of carbonyl (C=O) groups excluding carboxylic acids is 3. The Hall–Kier alpha value is -2.41. The van der Waals surface area contributed by atoms with Gasteiger partial charge in [0, 0.05) is 11.6 Å². The van der Waals surface area contributed by atoms with E-state index < -0.39 is 53.5 Å². The van der Waals surface area contributed by atoms with Crippen molar-refractivity contribution in [2.24, 2.45) is 11.8 Å². The molecule has 0 aromatic heterocycles. The van der Waals surface area contributed by atoms with Gasteiger partial charge in [-0.2, -0.15) is 0 Å². The molecule has 146 valence electrons. The van der Waals surface area contributed by atoms with Crippen molar-refractivity contribution < 1.29 is 33.7 Å². The summed E-state index contributed by atoms with van der Waals surface area (Å²) in [5.41, 5.74) is -0.954. The van der Waals surface area contributed by atoms with E-state index in [2.05, 4.69) is 6.58 Å². The first-order valence-corrected chi connectivity index (χ1v) is 9.02. The second-order valence-corrected chi connectivity index (χ2v) is 7.51. The maximum absolute atomic E-state index is 12.6. The molecule has 0 aromatic rings. The van der Waals surface area contributed by atoms with Crippen molar-refractivity contribution in [3.8, 4) is 0 Å². The number of allylic oxidation sites excluding steroid dienone is 1. The fourth-order valence-electron chi connectivity index (χ4n) is 3.49. The van der Waals surface area contributed by atoms with Gasteiger partial charge in [-0.15, -0.1) is 0 Å². The average Bonchev–Trinajstić information content (AvgIpc) is 3.08. The summed E-state index contributed by atoms with van der Waals surface area (Å²) in [6, 6.07) is 0. The van der Waals surface area contributed by atoms with Crippen molar-refractivity contribution >= 4 is 17.7 Å². The summed E-state index contributed by atoms with van der Waals surface area (Å²) in [5.74, 6) is -2.52. The Balaban J connectivity index is 2.10. The molecule has 6 unspecified atom stereocenters. The summed E-state index contributed by atoms with van der Waals surface area (Å²) in [7, 11) is 0. The zero-order chi connectivity index (χ0) is 20.1. The van der Waals surface area contributed by atoms with E-state index in [-0.39, 0.29) is 5.57 Å². The zero-order valence-electron chi connectivity index (χ0n) is 15.9. The molecule has 3 aliphatic rings. The van der Waals surface area contributed by atoms with Crippen LogP contribution in [0.2, 0.25) is 0 Å². The molecule has 1 fully saturated rings. The number of esters is 2. The summed E-state index contributed by atoms with van der Waals surface area (Å²) in [4.78, 5) is 37.1. The van der Waals surface area contributed by atoms with Gasteiger partial charge >= 0.3 is 11.9 Å². The van der Waals surface area contributed by atoms with Gasteiger partial charge in [0.05, 0.1) is 11.8 Å². The first-order chi connectivity index (χ1) is 12.6. The Morgan fingerprint density at radius 1 is 1.44 bits per heavy atom. The molecular formula is C20H24O7. The monoisotopic (exact) mass is 376 g/mol. The van der Waals surface area contributed by atoms with Crippen molar-refractivity contribution in [1.29, 1.82) is 0 Å². The van der Waals surface area contributed by atoms with Gasteiger partial charge in [0.25, 0.3) is 0 Å². The van der Waals surface area contributed by atoms with Gasteiger partial charge in [0.2, 0.25) is 5.78 Å². The highest BCUT2D eigenvalue weighted by Crippen LogP contribution is 2.42. The molecule has 1 saturated heterocycles. The average molecular weight is 376 g/mol. The van der Waals surface area contributed by atoms with Crippen molar-refractivity contribution in [1.82, 2.24) is 0 Å². The Kier molecular flexibility index (Phi) is 4.76. The number of rotatable bonds is 3. The molecule has 0 radical (unpaired) electrons. The molecule has 6 atom stereocenters. The van der Waals surface area contributed by atoms with Crippen LogP contribution in [0.4, 0.5) is 0 Å². The van der Waals surface area contributed by atoms with Crippen LogP contribution in [0.15, 0.2) is 35.6 Å². The number of aliphatic hydroxyl groups excluding tert-OH is 1. The van der Waals surface area contributed by atoms with Crippen LogP contribution in [0.5, 0.6) is 0 Å². The standard InChI is InChI=1S/C20H24O7/c1-6-9(2)18(23)26-16-15-11(4)19(24)25-13(15)7-10(3)12-8-14(21)20(5,27-12)17(16)22/h7-9,13,15-17,22H,4,6H2,1-3,5H3. The molecule has 0 aliphatic carbocycles. The Bertz CT molecular complexity index is 777. The minimum Gasteiger partial charge on any atom is -0.476 e. The van der Waals surface area contributed by atoms with E-state index in [0.717, 1.165) is 0 Å². The quantitative estimate of drug-likeness (QED) is 0.590. The molecule has 27 heavy (non-hydrogen) atoms. The molecule has 7 nitrogen and oxygen atoms in total. The first kappa shape index (κ1) is 19.4. The van der Waals surface area contributed by atoms with Crippen LogP contribution in [0.3, 0.4) is 0 Å². The third kappa shape index (κ3) is 3.00. The van der Waals surface area contributed by atoms with Gasteiger partial charge < -0.3 is 19.3 Å². The van der Waals surface area contributed by atoms with Crippen molar-refractivity contribution in [3.05, 3.63) is 35.6 Å². The SMILES string of the molecule is C=C1C(=O)OC2C=C(C)C3=CC(=O)C(C)(O3)C(O)C(OC(=O)C(C)CC)C12. The van der Waals surface area contributed by atoms with Gasteiger partial charge in [-0.25, -0.2) is 4.79 Å². The fraction of sp³-hybridized carbons (Fsp3) is 0.550. The molecule has 0 amide bonds. The van der Waals surface area contributed by atoms with Gasteiger partial charge in [-0.3, -0.25) is 9.59 Å². The highest BCUT2D eigenvalue weighted by molar-refractivity contribution is 6.00. The van der Waals surface area contributed by atoms with Crippen LogP contribution in [0.25, 0.3) is 0 Å². The minimum atomic E-state index is -1.63. The zero-order valence-corrected chi connectivity index (χ0v) is 15.9. The maximum Gasteiger partial charge on any atom is 0.334 e. The fourth-order valence-corrected chi connectivity index (χ4v) is 3.49. The Labute approximate surface area is 157 Å². The maximum atomic E-state index is 12.6. The molecule has 0 aromatic carbocycles. The van der Waals surface area contributed by atoms with E-state index in [1.165, 1.54) is 13.0 Å². The molecule has 3 heterocycles. The van der Waals surface area contributed by atoms with Crippen LogP contribution in [0, 0.1) is 11.8 Å². The normalized spacial score (nSPS) is 36.4. The molecule has 7 heteroatoms. The van der Waals surface area contributed by atoms with Gasteiger partial charge in [0.1, 0.15) is 24.1 Å². The topological polar surface area (TPSA) is 99.1 Å². The van der Waals surface area contributed by atoms with Crippen LogP contribution in [0.1, 0.15) is 34.1 Å². The summed E-state index contributed by atoms with van der Waals surface area (Å²) < 4.78 is 16.7. The molecular weight excluding hydrogens is 352 g/mol. The van der Waals surface area contributed by atoms with E-state index in [1.54, 1.807) is 19.9 Å². The lowest BCUT2D eigenvalue weighted by Gasteiger charge is -2.36. The van der Waals surface area contributed by atoms with Crippen LogP contribution < -0.4 is 0 Å². The van der Waals surface area contributed by atoms with Gasteiger partial charge in [-0.05, 0) is 31.9 Å². The summed E-state index contributed by atoms with van der Waals surface area (Å²) in [6.07, 6.45) is -0.0350. The smallest absolute Gasteiger partial charge is 0.334 e. The number of carbonyl (C=O) groups is 3. The lowest BCUT2D eigenvalue weighted by molar-refractivity contribution is -0.181. The largest absolute Gasteiger partial charge is 0.476 e. The number of ketones is 1. The lowest BCUT2D eigenvalue weighted by Crippen LogP contribution is -2.56. The summed E-state index contributed by atoms with van der Waals surface area (Å²) >= 11 is 0. The number of fused-ring (bicyclic) bond motifs is 3. The van der Waals surface area contributed by atoms with E-state index in [9.17, 15) is 19.5 Å². The highest BCUT2D eigenvalue weighted by atomic mass is 16.6. The molecule has 3 rings (SSSR count). The van der Waals surface area contributed by atoms with E-state index in [1.807, 2.05) is 6.92 Å². The van der Waals surface area contributed by atoms with Crippen molar-refractivity contribution in [3.63, 3.8) is 0 Å². The predicted octanol–water partition coefficient (Wildman–Crippen LogP) is 1.60. The van der Waals surface area contributed by atoms with E-state index in [4.69, 9.17) is 14.2 Å². The first-order valence-electron chi connectivity index (χ1n) is 9.02. The Morgan fingerprint density at radius 2 is 2.11 bits per heavy atom. The molecule has 3 aliphatic heterocycles. The van der Waals surface area contributed by atoms with Crippen molar-refractivity contribution in [2.75, 3.05) is 0 Å². The molecule has 2 bridgehead atoms. The predicted molar refractivity (Wildman–Crippen MR) is 94.2 cm³/mol. The lowest BCUT2D eigenvalue weighted by atomic mass is 9.80. The number of aliphatic hydroxyl groups is 1. The second-order valence-electron chi connectivity index (χ2n) is 7.51. The number of hydrogen-bond acceptors (Lipinski definition) is 7. The molecule has 1 N–H and O–H groups in total. The van der Waals surface area contributed by atoms with E-state index in [0.29, 0.717) is 17.8 Å². The minimum absolute atomic E-state index is 0.0906. The molecule has 0 saturated carbocycles. The number of ether oxygens (including phenoxy) is 3. The van der Waals surface area contributed by atoms with E-state index >= 15 is 0 Å². The van der Waals surface area contributed by atoms with Crippen LogP contribution in [-0.4, -0.2) is 46.7 Å². The van der Waals surface area contributed by atoms with Gasteiger partial charge in [-0.1, -0.05) is 20.4 Å². The molecule has 0 spiro atoms.